The van der Waals surface area contributed by atoms with E-state index in [2.05, 4.69) is 29.0 Å². The Hall–Kier alpha value is -1.36. The van der Waals surface area contributed by atoms with Crippen LogP contribution in [0.25, 0.3) is 0 Å². The van der Waals surface area contributed by atoms with Crippen LogP contribution in [0.2, 0.25) is 0 Å². The van der Waals surface area contributed by atoms with Crippen molar-refractivity contribution >= 4 is 12.1 Å². The van der Waals surface area contributed by atoms with Crippen molar-refractivity contribution < 1.29 is 10.0 Å². The SMILES string of the molecule is C=C1CCCC(N(C)CCNC(=O)C=NO)C1. The molecule has 96 valence electrons. The van der Waals surface area contributed by atoms with E-state index in [0.717, 1.165) is 25.6 Å². The molecular formula is C12H21N3O2. The number of amides is 1. The second kappa shape index (κ2) is 7.06. The van der Waals surface area contributed by atoms with E-state index in [-0.39, 0.29) is 5.91 Å². The summed E-state index contributed by atoms with van der Waals surface area (Å²) in [6.45, 7) is 5.39. The molecule has 1 saturated carbocycles. The molecule has 1 aliphatic rings. The maximum absolute atomic E-state index is 11.0. The third-order valence-electron chi connectivity index (χ3n) is 3.15. The molecule has 1 atom stereocenters. The van der Waals surface area contributed by atoms with Crippen LogP contribution in [0.1, 0.15) is 25.7 Å². The van der Waals surface area contributed by atoms with Gasteiger partial charge < -0.3 is 15.4 Å². The van der Waals surface area contributed by atoms with Gasteiger partial charge in [-0.25, -0.2) is 0 Å². The number of carbonyl (C=O) groups is 1. The summed E-state index contributed by atoms with van der Waals surface area (Å²) in [5.41, 5.74) is 1.32. The van der Waals surface area contributed by atoms with E-state index < -0.39 is 0 Å². The lowest BCUT2D eigenvalue weighted by molar-refractivity contribution is -0.114. The third kappa shape index (κ3) is 4.99. The van der Waals surface area contributed by atoms with Crippen LogP contribution in [0.3, 0.4) is 0 Å². The van der Waals surface area contributed by atoms with Crippen molar-refractivity contribution in [3.63, 3.8) is 0 Å². The Morgan fingerprint density at radius 1 is 1.76 bits per heavy atom. The summed E-state index contributed by atoms with van der Waals surface area (Å²) in [7, 11) is 2.07. The van der Waals surface area contributed by atoms with Gasteiger partial charge in [-0.3, -0.25) is 4.79 Å². The van der Waals surface area contributed by atoms with E-state index in [4.69, 9.17) is 5.21 Å². The fraction of sp³-hybridized carbons (Fsp3) is 0.667. The molecule has 1 unspecified atom stereocenters. The Morgan fingerprint density at radius 2 is 2.53 bits per heavy atom. The Balaban J connectivity index is 2.22. The molecule has 0 radical (unpaired) electrons. The molecule has 0 bridgehead atoms. The van der Waals surface area contributed by atoms with Gasteiger partial charge in [0.1, 0.15) is 6.21 Å². The molecule has 5 heteroatoms. The zero-order valence-corrected chi connectivity index (χ0v) is 10.4. The highest BCUT2D eigenvalue weighted by atomic mass is 16.4. The molecule has 0 aromatic carbocycles. The number of nitrogens with zero attached hydrogens (tertiary/aromatic N) is 2. The molecular weight excluding hydrogens is 218 g/mol. The lowest BCUT2D eigenvalue weighted by Gasteiger charge is -2.32. The minimum Gasteiger partial charge on any atom is -0.411 e. The van der Waals surface area contributed by atoms with Gasteiger partial charge in [0.25, 0.3) is 5.91 Å². The Kier molecular flexibility index (Phi) is 5.69. The zero-order valence-electron chi connectivity index (χ0n) is 10.4. The first-order chi connectivity index (χ1) is 8.13. The standard InChI is InChI=1S/C12H21N3O2/c1-10-4-3-5-11(8-10)15(2)7-6-13-12(16)9-14-17/h9,11,17H,1,3-8H2,2H3,(H,13,16). The molecule has 0 heterocycles. The molecule has 1 aliphatic carbocycles. The van der Waals surface area contributed by atoms with Crippen LogP contribution in [-0.2, 0) is 4.79 Å². The highest BCUT2D eigenvalue weighted by Crippen LogP contribution is 2.24. The van der Waals surface area contributed by atoms with Gasteiger partial charge in [0.2, 0.25) is 0 Å². The fourth-order valence-electron chi connectivity index (χ4n) is 2.14. The van der Waals surface area contributed by atoms with Crippen molar-refractivity contribution in [2.45, 2.75) is 31.7 Å². The number of hydrogen-bond donors (Lipinski definition) is 2. The van der Waals surface area contributed by atoms with Crippen molar-refractivity contribution in [2.75, 3.05) is 20.1 Å². The molecule has 0 aromatic heterocycles. The second-order valence-corrected chi connectivity index (χ2v) is 4.52. The van der Waals surface area contributed by atoms with Crippen LogP contribution < -0.4 is 5.32 Å². The van der Waals surface area contributed by atoms with E-state index in [1.807, 2.05) is 0 Å². The Labute approximate surface area is 102 Å². The van der Waals surface area contributed by atoms with Crippen LogP contribution in [0.15, 0.2) is 17.3 Å². The summed E-state index contributed by atoms with van der Waals surface area (Å²) in [5, 5.41) is 13.5. The third-order valence-corrected chi connectivity index (χ3v) is 3.15. The molecule has 0 aromatic rings. The summed E-state index contributed by atoms with van der Waals surface area (Å²) in [4.78, 5) is 13.3. The molecule has 0 aliphatic heterocycles. The van der Waals surface area contributed by atoms with E-state index >= 15 is 0 Å². The van der Waals surface area contributed by atoms with Crippen molar-refractivity contribution in [3.05, 3.63) is 12.2 Å². The van der Waals surface area contributed by atoms with Crippen LogP contribution in [0.4, 0.5) is 0 Å². The summed E-state index contributed by atoms with van der Waals surface area (Å²) in [6, 6.07) is 0.541. The zero-order chi connectivity index (χ0) is 12.7. The molecule has 0 spiro atoms. The van der Waals surface area contributed by atoms with E-state index in [9.17, 15) is 4.79 Å². The fourth-order valence-corrected chi connectivity index (χ4v) is 2.14. The minimum atomic E-state index is -0.367. The van der Waals surface area contributed by atoms with Crippen molar-refractivity contribution in [2.24, 2.45) is 5.16 Å². The molecule has 2 N–H and O–H groups in total. The van der Waals surface area contributed by atoms with Crippen molar-refractivity contribution in [1.82, 2.24) is 10.2 Å². The number of hydrogen-bond acceptors (Lipinski definition) is 4. The maximum Gasteiger partial charge on any atom is 0.265 e. The van der Waals surface area contributed by atoms with Gasteiger partial charge in [-0.15, -0.1) is 0 Å². The lowest BCUT2D eigenvalue weighted by atomic mass is 9.91. The van der Waals surface area contributed by atoms with Crippen LogP contribution in [0.5, 0.6) is 0 Å². The molecule has 1 amide bonds. The average Bonchev–Trinajstić information content (AvgIpc) is 2.29. The first-order valence-corrected chi connectivity index (χ1v) is 5.95. The number of nitrogens with one attached hydrogen (secondary N) is 1. The maximum atomic E-state index is 11.0. The Bertz CT molecular complexity index is 302. The van der Waals surface area contributed by atoms with Crippen LogP contribution in [-0.4, -0.2) is 48.4 Å². The minimum absolute atomic E-state index is 0.367. The van der Waals surface area contributed by atoms with E-state index in [1.165, 1.54) is 18.4 Å². The number of rotatable bonds is 5. The predicted molar refractivity (Wildman–Crippen MR) is 67.3 cm³/mol. The lowest BCUT2D eigenvalue weighted by Crippen LogP contribution is -2.40. The highest BCUT2D eigenvalue weighted by molar-refractivity contribution is 6.25. The molecule has 5 nitrogen and oxygen atoms in total. The van der Waals surface area contributed by atoms with Crippen molar-refractivity contribution in [3.8, 4) is 0 Å². The number of carbonyl (C=O) groups excluding carboxylic acids is 1. The van der Waals surface area contributed by atoms with Crippen molar-refractivity contribution in [1.29, 1.82) is 0 Å². The van der Waals surface area contributed by atoms with E-state index in [0.29, 0.717) is 12.6 Å². The normalized spacial score (nSPS) is 21.1. The van der Waals surface area contributed by atoms with Gasteiger partial charge in [0.15, 0.2) is 0 Å². The predicted octanol–water partition coefficient (Wildman–Crippen LogP) is 0.993. The molecule has 0 saturated heterocycles. The summed E-state index contributed by atoms with van der Waals surface area (Å²) in [5.74, 6) is -0.367. The molecule has 1 fully saturated rings. The largest absolute Gasteiger partial charge is 0.411 e. The van der Waals surface area contributed by atoms with Gasteiger partial charge in [-0.2, -0.15) is 0 Å². The second-order valence-electron chi connectivity index (χ2n) is 4.52. The summed E-state index contributed by atoms with van der Waals surface area (Å²) >= 11 is 0. The Morgan fingerprint density at radius 3 is 3.18 bits per heavy atom. The van der Waals surface area contributed by atoms with Gasteiger partial charge in [-0.05, 0) is 32.7 Å². The van der Waals surface area contributed by atoms with Crippen LogP contribution >= 0.6 is 0 Å². The van der Waals surface area contributed by atoms with Gasteiger partial charge >= 0.3 is 0 Å². The first kappa shape index (κ1) is 13.7. The molecule has 17 heavy (non-hydrogen) atoms. The topological polar surface area (TPSA) is 64.9 Å². The summed E-state index contributed by atoms with van der Waals surface area (Å²) in [6.07, 6.45) is 5.47. The first-order valence-electron chi connectivity index (χ1n) is 5.95. The van der Waals surface area contributed by atoms with Crippen LogP contribution in [0, 0.1) is 0 Å². The molecule has 1 rings (SSSR count). The monoisotopic (exact) mass is 239 g/mol. The van der Waals surface area contributed by atoms with Gasteiger partial charge in [-0.1, -0.05) is 17.3 Å². The highest BCUT2D eigenvalue weighted by Gasteiger charge is 2.19. The number of likely N-dealkylation sites (N-methyl/N-ethyl adjacent to an activating group) is 1. The van der Waals surface area contributed by atoms with Gasteiger partial charge in [0, 0.05) is 19.1 Å². The smallest absolute Gasteiger partial charge is 0.265 e. The van der Waals surface area contributed by atoms with Gasteiger partial charge in [0.05, 0.1) is 0 Å². The quantitative estimate of drug-likeness (QED) is 0.325. The van der Waals surface area contributed by atoms with E-state index in [1.54, 1.807) is 0 Å². The average molecular weight is 239 g/mol. The number of oxime groups is 1. The summed E-state index contributed by atoms with van der Waals surface area (Å²) < 4.78 is 0.